The van der Waals surface area contributed by atoms with E-state index in [4.69, 9.17) is 0 Å². The predicted octanol–water partition coefficient (Wildman–Crippen LogP) is 3.18. The van der Waals surface area contributed by atoms with Crippen LogP contribution in [0.1, 0.15) is 22.4 Å². The van der Waals surface area contributed by atoms with E-state index in [9.17, 15) is 13.0 Å². The summed E-state index contributed by atoms with van der Waals surface area (Å²) in [5, 5.41) is 8.80. The fourth-order valence-electron chi connectivity index (χ4n) is 3.82. The second-order valence-corrected chi connectivity index (χ2v) is 9.65. The van der Waals surface area contributed by atoms with Gasteiger partial charge in [-0.2, -0.15) is 9.90 Å². The number of para-hydroxylation sites is 1. The van der Waals surface area contributed by atoms with Gasteiger partial charge in [0.2, 0.25) is 0 Å². The fraction of sp³-hybridized carbons (Fsp3) is 0. The van der Waals surface area contributed by atoms with Crippen LogP contribution >= 0.6 is 0 Å². The van der Waals surface area contributed by atoms with Crippen molar-refractivity contribution in [1.29, 1.82) is 0 Å². The van der Waals surface area contributed by atoms with Gasteiger partial charge in [-0.05, 0) is 52.1 Å². The third-order valence-electron chi connectivity index (χ3n) is 5.74. The van der Waals surface area contributed by atoms with Gasteiger partial charge >= 0.3 is 29.6 Å². The second kappa shape index (κ2) is 12.3. The summed E-state index contributed by atoms with van der Waals surface area (Å²) in [4.78, 5) is 1.38. The Morgan fingerprint density at radius 2 is 1.21 bits per heavy atom. The van der Waals surface area contributed by atoms with Crippen LogP contribution in [-0.2, 0) is 10.1 Å². The summed E-state index contributed by atoms with van der Waals surface area (Å²) < 4.78 is 34.4. The fourth-order valence-corrected chi connectivity index (χ4v) is 4.49. The molecule has 0 unspecified atom stereocenters. The molecule has 4 aromatic carbocycles. The standard InChI is InChI=1S/C30H23N3O3S.Na/c34-37(35,36)30-9-5-4-6-27(30)20-14-23-10-16-25(17-11-23)26-18-12-24(13-19-26)15-21-28-22-31-33(32-28)29-7-2-1-3-8-29;/h1-22H,(H,34,35,36);/q;+1/p-1/b20-14+,21-15+;. The first kappa shape index (κ1) is 27.4. The van der Waals surface area contributed by atoms with Crippen LogP contribution in [-0.4, -0.2) is 28.0 Å². The van der Waals surface area contributed by atoms with Crippen LogP contribution < -0.4 is 29.6 Å². The van der Waals surface area contributed by atoms with Crippen LogP contribution in [0.2, 0.25) is 0 Å². The number of benzene rings is 4. The van der Waals surface area contributed by atoms with Crippen molar-refractivity contribution in [3.63, 3.8) is 0 Å². The smallest absolute Gasteiger partial charge is 0.744 e. The number of hydrogen-bond acceptors (Lipinski definition) is 5. The van der Waals surface area contributed by atoms with Crippen molar-refractivity contribution in [1.82, 2.24) is 15.0 Å². The van der Waals surface area contributed by atoms with Crippen molar-refractivity contribution in [2.75, 3.05) is 0 Å². The Labute approximate surface area is 244 Å². The Kier molecular flexibility index (Phi) is 8.89. The summed E-state index contributed by atoms with van der Waals surface area (Å²) in [6.07, 6.45) is 9.08. The maximum atomic E-state index is 11.5. The molecule has 1 aromatic heterocycles. The maximum Gasteiger partial charge on any atom is 1.00 e. The molecule has 8 heteroatoms. The van der Waals surface area contributed by atoms with E-state index in [2.05, 4.69) is 22.3 Å². The van der Waals surface area contributed by atoms with Gasteiger partial charge in [-0.25, -0.2) is 8.42 Å². The SMILES string of the molecule is O=S(=O)([O-])c1ccccc1/C=C/c1ccc(-c2ccc(/C=C/c3cnn(-c4ccccc4)n3)cc2)cc1.[Na+]. The Balaban J connectivity index is 0.00000336. The van der Waals surface area contributed by atoms with Gasteiger partial charge in [0.05, 0.1) is 16.8 Å². The van der Waals surface area contributed by atoms with E-state index in [0.717, 1.165) is 33.6 Å². The molecular weight excluding hydrogens is 505 g/mol. The molecule has 0 aliphatic rings. The van der Waals surface area contributed by atoms with Gasteiger partial charge in [-0.1, -0.05) is 103 Å². The molecular formula is C30H22N3NaO3S. The van der Waals surface area contributed by atoms with Gasteiger partial charge in [0, 0.05) is 0 Å². The van der Waals surface area contributed by atoms with Crippen molar-refractivity contribution in [2.45, 2.75) is 4.90 Å². The van der Waals surface area contributed by atoms with Crippen molar-refractivity contribution < 1.29 is 42.5 Å². The Morgan fingerprint density at radius 3 is 1.82 bits per heavy atom. The van der Waals surface area contributed by atoms with Crippen LogP contribution in [0.25, 0.3) is 41.1 Å². The molecule has 0 spiro atoms. The molecule has 182 valence electrons. The third kappa shape index (κ3) is 6.83. The topological polar surface area (TPSA) is 87.9 Å². The van der Waals surface area contributed by atoms with E-state index in [1.165, 1.54) is 12.1 Å². The zero-order valence-electron chi connectivity index (χ0n) is 20.7. The quantitative estimate of drug-likeness (QED) is 0.184. The normalized spacial score (nSPS) is 11.6. The van der Waals surface area contributed by atoms with E-state index in [-0.39, 0.29) is 34.5 Å². The number of nitrogens with zero attached hydrogens (tertiary/aromatic N) is 3. The Morgan fingerprint density at radius 1 is 0.658 bits per heavy atom. The first-order valence-corrected chi connectivity index (χ1v) is 13.0. The predicted molar refractivity (Wildman–Crippen MR) is 145 cm³/mol. The van der Waals surface area contributed by atoms with Gasteiger partial charge in [0.25, 0.3) is 0 Å². The first-order chi connectivity index (χ1) is 18.0. The second-order valence-electron chi connectivity index (χ2n) is 8.30. The molecule has 38 heavy (non-hydrogen) atoms. The molecule has 1 heterocycles. The van der Waals surface area contributed by atoms with Gasteiger partial charge in [0.1, 0.15) is 15.8 Å². The van der Waals surface area contributed by atoms with Crippen molar-refractivity contribution >= 4 is 34.4 Å². The minimum absolute atomic E-state index is 0. The van der Waals surface area contributed by atoms with Crippen LogP contribution in [0.4, 0.5) is 0 Å². The average Bonchev–Trinajstić information content (AvgIpc) is 3.41. The molecule has 0 bridgehead atoms. The summed E-state index contributed by atoms with van der Waals surface area (Å²) in [6.45, 7) is 0. The van der Waals surface area contributed by atoms with Gasteiger partial charge < -0.3 is 4.55 Å². The minimum Gasteiger partial charge on any atom is -0.744 e. The zero-order valence-corrected chi connectivity index (χ0v) is 23.5. The van der Waals surface area contributed by atoms with Crippen molar-refractivity contribution in [2.24, 2.45) is 0 Å². The van der Waals surface area contributed by atoms with Crippen LogP contribution in [0.3, 0.4) is 0 Å². The van der Waals surface area contributed by atoms with Gasteiger partial charge in [-0.3, -0.25) is 0 Å². The minimum atomic E-state index is -4.53. The molecule has 0 atom stereocenters. The summed E-state index contributed by atoms with van der Waals surface area (Å²) in [5.74, 6) is 0. The molecule has 5 rings (SSSR count). The summed E-state index contributed by atoms with van der Waals surface area (Å²) in [6, 6.07) is 32.0. The Bertz CT molecular complexity index is 1680. The molecule has 0 fully saturated rings. The third-order valence-corrected chi connectivity index (χ3v) is 6.65. The van der Waals surface area contributed by atoms with Crippen LogP contribution in [0, 0.1) is 0 Å². The molecule has 6 nitrogen and oxygen atoms in total. The summed E-state index contributed by atoms with van der Waals surface area (Å²) >= 11 is 0. The van der Waals surface area contributed by atoms with E-state index in [0.29, 0.717) is 5.56 Å². The number of rotatable bonds is 7. The molecule has 0 N–H and O–H groups in total. The van der Waals surface area contributed by atoms with E-state index >= 15 is 0 Å². The molecule has 0 saturated heterocycles. The van der Waals surface area contributed by atoms with E-state index in [1.54, 1.807) is 35.3 Å². The van der Waals surface area contributed by atoms with Gasteiger partial charge in [-0.15, -0.1) is 5.10 Å². The van der Waals surface area contributed by atoms with E-state index < -0.39 is 10.1 Å². The van der Waals surface area contributed by atoms with Gasteiger partial charge in [0.15, 0.2) is 0 Å². The van der Waals surface area contributed by atoms with Crippen molar-refractivity contribution in [3.8, 4) is 16.8 Å². The largest absolute Gasteiger partial charge is 1.00 e. The molecule has 0 aliphatic heterocycles. The van der Waals surface area contributed by atoms with Crippen LogP contribution in [0.5, 0.6) is 0 Å². The number of hydrogen-bond donors (Lipinski definition) is 0. The molecule has 5 aromatic rings. The Hall–Kier alpha value is -3.59. The van der Waals surface area contributed by atoms with Crippen LogP contribution in [0.15, 0.2) is 114 Å². The first-order valence-electron chi connectivity index (χ1n) is 11.6. The molecule has 0 radical (unpaired) electrons. The molecule has 0 amide bonds. The average molecular weight is 528 g/mol. The zero-order chi connectivity index (χ0) is 25.7. The maximum absolute atomic E-state index is 11.5. The summed E-state index contributed by atoms with van der Waals surface area (Å²) in [7, 11) is -4.53. The monoisotopic (exact) mass is 527 g/mol. The molecule has 0 aliphatic carbocycles. The van der Waals surface area contributed by atoms with E-state index in [1.807, 2.05) is 78.9 Å². The molecule has 0 saturated carbocycles. The number of aromatic nitrogens is 3. The summed E-state index contributed by atoms with van der Waals surface area (Å²) in [5.41, 5.74) is 6.12. The van der Waals surface area contributed by atoms with Crippen molar-refractivity contribution in [3.05, 3.63) is 132 Å².